The second kappa shape index (κ2) is 7.58. The molecule has 0 spiro atoms. The molecule has 2 amide bonds. The standard InChI is InChI=1S/C23H23NO4/c1-2-15-10-12-18(13-11-15)28-23(27)16-6-5-7-17(14-16)24-21(25)19-8-3-4-9-20(19)22(24)26/h5-7,10-14,19-20H,2-4,8-9H2,1H3/t19-,20+. The lowest BCUT2D eigenvalue weighted by Crippen LogP contribution is -2.31. The van der Waals surface area contributed by atoms with Crippen LogP contribution >= 0.6 is 0 Å². The van der Waals surface area contributed by atoms with Gasteiger partial charge in [0, 0.05) is 0 Å². The molecule has 0 radical (unpaired) electrons. The normalized spacial score (nSPS) is 21.5. The highest BCUT2D eigenvalue weighted by Crippen LogP contribution is 2.40. The van der Waals surface area contributed by atoms with Crippen LogP contribution in [0.2, 0.25) is 0 Å². The summed E-state index contributed by atoms with van der Waals surface area (Å²) < 4.78 is 5.44. The fourth-order valence-corrected chi connectivity index (χ4v) is 4.15. The van der Waals surface area contributed by atoms with Crippen LogP contribution in [0, 0.1) is 11.8 Å². The topological polar surface area (TPSA) is 63.7 Å². The molecule has 144 valence electrons. The van der Waals surface area contributed by atoms with E-state index in [0.717, 1.165) is 37.7 Å². The Hall–Kier alpha value is -2.95. The van der Waals surface area contributed by atoms with Crippen LogP contribution in [0.3, 0.4) is 0 Å². The Bertz CT molecular complexity index is 894. The number of carbonyl (C=O) groups is 3. The zero-order chi connectivity index (χ0) is 19.7. The van der Waals surface area contributed by atoms with E-state index in [9.17, 15) is 14.4 Å². The molecule has 1 saturated carbocycles. The van der Waals surface area contributed by atoms with Crippen molar-refractivity contribution in [3.05, 3.63) is 59.7 Å². The van der Waals surface area contributed by atoms with Crippen molar-refractivity contribution in [1.29, 1.82) is 0 Å². The van der Waals surface area contributed by atoms with Crippen molar-refractivity contribution in [3.8, 4) is 5.75 Å². The lowest BCUT2D eigenvalue weighted by atomic mass is 9.81. The number of nitrogens with zero attached hydrogens (tertiary/aromatic N) is 1. The van der Waals surface area contributed by atoms with E-state index in [-0.39, 0.29) is 23.7 Å². The van der Waals surface area contributed by atoms with Crippen molar-refractivity contribution in [2.75, 3.05) is 4.90 Å². The summed E-state index contributed by atoms with van der Waals surface area (Å²) in [5.74, 6) is -0.761. The molecule has 1 heterocycles. The SMILES string of the molecule is CCc1ccc(OC(=O)c2cccc(N3C(=O)[C@H]4CCCC[C@H]4C3=O)c2)cc1. The van der Waals surface area contributed by atoms with Gasteiger partial charge in [-0.25, -0.2) is 4.79 Å². The van der Waals surface area contributed by atoms with Crippen molar-refractivity contribution >= 4 is 23.5 Å². The first kappa shape index (κ1) is 18.4. The summed E-state index contributed by atoms with van der Waals surface area (Å²) in [6.07, 6.45) is 4.41. The first-order chi connectivity index (χ1) is 13.6. The van der Waals surface area contributed by atoms with Crippen LogP contribution in [0.1, 0.15) is 48.5 Å². The Morgan fingerprint density at radius 3 is 2.25 bits per heavy atom. The van der Waals surface area contributed by atoms with Gasteiger partial charge >= 0.3 is 5.97 Å². The summed E-state index contributed by atoms with van der Waals surface area (Å²) in [6, 6.07) is 13.9. The Morgan fingerprint density at radius 1 is 1.00 bits per heavy atom. The highest BCUT2D eigenvalue weighted by atomic mass is 16.5. The van der Waals surface area contributed by atoms with Crippen molar-refractivity contribution < 1.29 is 19.1 Å². The van der Waals surface area contributed by atoms with Crippen molar-refractivity contribution in [3.63, 3.8) is 0 Å². The number of ether oxygens (including phenoxy) is 1. The minimum absolute atomic E-state index is 0.143. The van der Waals surface area contributed by atoms with Crippen LogP contribution in [0.5, 0.6) is 5.75 Å². The lowest BCUT2D eigenvalue weighted by molar-refractivity contribution is -0.122. The van der Waals surface area contributed by atoms with E-state index in [1.54, 1.807) is 36.4 Å². The van der Waals surface area contributed by atoms with E-state index in [1.165, 1.54) is 4.90 Å². The predicted octanol–water partition coefficient (Wildman–Crippen LogP) is 4.15. The number of aryl methyl sites for hydroxylation is 1. The van der Waals surface area contributed by atoms with Gasteiger partial charge < -0.3 is 4.74 Å². The van der Waals surface area contributed by atoms with Crippen LogP contribution in [0.25, 0.3) is 0 Å². The molecule has 1 saturated heterocycles. The Labute approximate surface area is 164 Å². The zero-order valence-corrected chi connectivity index (χ0v) is 15.9. The zero-order valence-electron chi connectivity index (χ0n) is 15.9. The third-order valence-electron chi connectivity index (χ3n) is 5.72. The third-order valence-corrected chi connectivity index (χ3v) is 5.72. The summed E-state index contributed by atoms with van der Waals surface area (Å²) >= 11 is 0. The van der Waals surface area contributed by atoms with Gasteiger partial charge in [-0.15, -0.1) is 0 Å². The largest absolute Gasteiger partial charge is 0.423 e. The third kappa shape index (κ3) is 3.33. The van der Waals surface area contributed by atoms with Crippen LogP contribution in [-0.2, 0) is 16.0 Å². The maximum Gasteiger partial charge on any atom is 0.343 e. The molecule has 4 rings (SSSR count). The summed E-state index contributed by atoms with van der Waals surface area (Å²) in [6.45, 7) is 2.06. The first-order valence-electron chi connectivity index (χ1n) is 9.87. The Morgan fingerprint density at radius 2 is 1.64 bits per heavy atom. The number of imide groups is 1. The number of anilines is 1. The predicted molar refractivity (Wildman–Crippen MR) is 105 cm³/mol. The molecule has 0 N–H and O–H groups in total. The smallest absolute Gasteiger partial charge is 0.343 e. The molecule has 2 aromatic carbocycles. The molecule has 2 atom stereocenters. The maximum absolute atomic E-state index is 12.8. The molecule has 5 nitrogen and oxygen atoms in total. The van der Waals surface area contributed by atoms with Gasteiger partial charge in [-0.05, 0) is 55.2 Å². The monoisotopic (exact) mass is 377 g/mol. The highest BCUT2D eigenvalue weighted by molar-refractivity contribution is 6.22. The average Bonchev–Trinajstić information content (AvgIpc) is 2.99. The van der Waals surface area contributed by atoms with Crippen LogP contribution in [0.4, 0.5) is 5.69 Å². The lowest BCUT2D eigenvalue weighted by Gasteiger charge is -2.19. The summed E-state index contributed by atoms with van der Waals surface area (Å²) in [5, 5.41) is 0. The molecule has 5 heteroatoms. The number of esters is 1. The molecule has 1 aliphatic carbocycles. The molecule has 2 aliphatic rings. The van der Waals surface area contributed by atoms with Gasteiger partial charge in [-0.1, -0.05) is 38.0 Å². The second-order valence-corrected chi connectivity index (χ2v) is 7.45. The van der Waals surface area contributed by atoms with Gasteiger partial charge in [0.1, 0.15) is 5.75 Å². The molecule has 2 fully saturated rings. The number of amides is 2. The summed E-state index contributed by atoms with van der Waals surface area (Å²) in [5.41, 5.74) is 1.92. The van der Waals surface area contributed by atoms with E-state index in [0.29, 0.717) is 17.0 Å². The van der Waals surface area contributed by atoms with Crippen LogP contribution in [0.15, 0.2) is 48.5 Å². The van der Waals surface area contributed by atoms with E-state index < -0.39 is 5.97 Å². The number of rotatable bonds is 4. The number of fused-ring (bicyclic) bond motifs is 1. The van der Waals surface area contributed by atoms with Gasteiger partial charge in [0.25, 0.3) is 0 Å². The van der Waals surface area contributed by atoms with Gasteiger partial charge in [0.05, 0.1) is 23.1 Å². The molecule has 0 unspecified atom stereocenters. The summed E-state index contributed by atoms with van der Waals surface area (Å²) in [4.78, 5) is 39.3. The Kier molecular flexibility index (Phi) is 4.99. The molecule has 0 bridgehead atoms. The number of hydrogen-bond donors (Lipinski definition) is 0. The minimum Gasteiger partial charge on any atom is -0.423 e. The quantitative estimate of drug-likeness (QED) is 0.456. The van der Waals surface area contributed by atoms with Gasteiger partial charge in [0.15, 0.2) is 0 Å². The van der Waals surface area contributed by atoms with Crippen molar-refractivity contribution in [2.24, 2.45) is 11.8 Å². The molecule has 0 aromatic heterocycles. The molecule has 2 aromatic rings. The fraction of sp³-hybridized carbons (Fsp3) is 0.348. The van der Waals surface area contributed by atoms with Gasteiger partial charge in [-0.3, -0.25) is 14.5 Å². The number of hydrogen-bond acceptors (Lipinski definition) is 4. The number of carbonyl (C=O) groups excluding carboxylic acids is 3. The molecular formula is C23H23NO4. The molecule has 28 heavy (non-hydrogen) atoms. The average molecular weight is 377 g/mol. The summed E-state index contributed by atoms with van der Waals surface area (Å²) in [7, 11) is 0. The maximum atomic E-state index is 12.8. The number of benzene rings is 2. The molecule has 1 aliphatic heterocycles. The van der Waals surface area contributed by atoms with Gasteiger partial charge in [-0.2, -0.15) is 0 Å². The first-order valence-corrected chi connectivity index (χ1v) is 9.87. The van der Waals surface area contributed by atoms with Crippen LogP contribution in [-0.4, -0.2) is 17.8 Å². The second-order valence-electron chi connectivity index (χ2n) is 7.45. The molecular weight excluding hydrogens is 354 g/mol. The highest BCUT2D eigenvalue weighted by Gasteiger charge is 2.48. The van der Waals surface area contributed by atoms with E-state index in [2.05, 4.69) is 6.92 Å². The van der Waals surface area contributed by atoms with E-state index in [1.807, 2.05) is 12.1 Å². The fourth-order valence-electron chi connectivity index (χ4n) is 4.15. The van der Waals surface area contributed by atoms with Crippen molar-refractivity contribution in [2.45, 2.75) is 39.0 Å². The van der Waals surface area contributed by atoms with E-state index >= 15 is 0 Å². The van der Waals surface area contributed by atoms with Gasteiger partial charge in [0.2, 0.25) is 11.8 Å². The minimum atomic E-state index is -0.511. The van der Waals surface area contributed by atoms with E-state index in [4.69, 9.17) is 4.74 Å². The van der Waals surface area contributed by atoms with Crippen molar-refractivity contribution in [1.82, 2.24) is 0 Å². The van der Waals surface area contributed by atoms with Crippen LogP contribution < -0.4 is 9.64 Å². The Balaban J connectivity index is 1.54.